The van der Waals surface area contributed by atoms with Crippen molar-refractivity contribution in [3.05, 3.63) is 64.9 Å². The van der Waals surface area contributed by atoms with Crippen molar-refractivity contribution in [2.75, 3.05) is 17.7 Å². The minimum atomic E-state index is -0.164. The van der Waals surface area contributed by atoms with Gasteiger partial charge >= 0.3 is 0 Å². The molecule has 1 amide bonds. The molecule has 9 heteroatoms. The topological polar surface area (TPSA) is 89.3 Å². The second kappa shape index (κ2) is 8.01. The van der Waals surface area contributed by atoms with Crippen molar-refractivity contribution in [1.29, 1.82) is 0 Å². The molecule has 0 unspecified atom stereocenters. The minimum absolute atomic E-state index is 0.164. The van der Waals surface area contributed by atoms with Crippen molar-refractivity contribution in [2.45, 2.75) is 13.5 Å². The van der Waals surface area contributed by atoms with E-state index >= 15 is 0 Å². The number of nitrogens with one attached hydrogen (secondary N) is 2. The van der Waals surface area contributed by atoms with Crippen molar-refractivity contribution >= 4 is 60.0 Å². The highest BCUT2D eigenvalue weighted by Crippen LogP contribution is 2.33. The molecule has 0 aliphatic heterocycles. The second-order valence-corrected chi connectivity index (χ2v) is 8.93. The summed E-state index contributed by atoms with van der Waals surface area (Å²) in [5.41, 5.74) is 3.23. The van der Waals surface area contributed by atoms with E-state index in [9.17, 15) is 4.79 Å². The monoisotopic (exact) mass is 450 g/mol. The Bertz CT molecular complexity index is 1350. The van der Waals surface area contributed by atoms with Crippen molar-refractivity contribution in [3.63, 3.8) is 0 Å². The molecule has 0 saturated heterocycles. The largest absolute Gasteiger partial charge is 0.497 e. The summed E-state index contributed by atoms with van der Waals surface area (Å²) in [4.78, 5) is 23.1. The van der Waals surface area contributed by atoms with E-state index in [0.29, 0.717) is 28.6 Å². The van der Waals surface area contributed by atoms with Gasteiger partial charge in [0.25, 0.3) is 5.91 Å². The third-order valence-corrected chi connectivity index (χ3v) is 6.79. The van der Waals surface area contributed by atoms with Gasteiger partial charge in [0.05, 0.1) is 16.7 Å². The van der Waals surface area contributed by atoms with Crippen LogP contribution in [-0.2, 0) is 6.54 Å². The summed E-state index contributed by atoms with van der Waals surface area (Å²) in [5.74, 6) is 1.27. The van der Waals surface area contributed by atoms with E-state index in [1.165, 1.54) is 22.7 Å². The number of thiazole rings is 1. The molecule has 0 bridgehead atoms. The van der Waals surface area contributed by atoms with E-state index in [0.717, 1.165) is 31.5 Å². The number of ether oxygens (including phenoxy) is 1. The highest BCUT2D eigenvalue weighted by Gasteiger charge is 2.15. The normalized spacial score (nSPS) is 11.2. The second-order valence-electron chi connectivity index (χ2n) is 6.87. The van der Waals surface area contributed by atoms with Crippen LogP contribution in [0.25, 0.3) is 20.6 Å². The Kier molecular flexibility index (Phi) is 5.05. The van der Waals surface area contributed by atoms with Crippen molar-refractivity contribution in [1.82, 2.24) is 9.97 Å². The zero-order valence-electron chi connectivity index (χ0n) is 16.8. The fraction of sp³-hybridized carbons (Fsp3) is 0.136. The molecular weight excluding hydrogens is 432 g/mol. The van der Waals surface area contributed by atoms with Crippen LogP contribution in [0, 0.1) is 6.92 Å². The van der Waals surface area contributed by atoms with Crippen molar-refractivity contribution in [3.8, 4) is 5.75 Å². The van der Waals surface area contributed by atoms with Gasteiger partial charge in [-0.05, 0) is 42.0 Å². The number of methoxy groups -OCH3 is 1. The number of aromatic nitrogens is 2. The molecule has 3 heterocycles. The average Bonchev–Trinajstić information content (AvgIpc) is 3.44. The summed E-state index contributed by atoms with van der Waals surface area (Å²) in [6, 6.07) is 15.2. The number of rotatable bonds is 6. The SMILES string of the molecule is COc1ccc(CNc2nc3sc(C(=O)Nc4ccc5oc(C)nc5c4)cc3s2)cc1. The van der Waals surface area contributed by atoms with Gasteiger partial charge in [-0.15, -0.1) is 11.3 Å². The third kappa shape index (κ3) is 4.10. The molecule has 0 spiro atoms. The maximum absolute atomic E-state index is 12.7. The Morgan fingerprint density at radius 1 is 1.10 bits per heavy atom. The van der Waals surface area contributed by atoms with Gasteiger partial charge in [0, 0.05) is 19.2 Å². The van der Waals surface area contributed by atoms with Gasteiger partial charge in [-0.2, -0.15) is 0 Å². The zero-order chi connectivity index (χ0) is 21.4. The van der Waals surface area contributed by atoms with Gasteiger partial charge in [0.1, 0.15) is 16.1 Å². The predicted octanol–water partition coefficient (Wildman–Crippen LogP) is 5.68. The first kappa shape index (κ1) is 19.5. The molecule has 0 fully saturated rings. The molecule has 0 radical (unpaired) electrons. The quantitative estimate of drug-likeness (QED) is 0.346. The van der Waals surface area contributed by atoms with Crippen LogP contribution in [0.3, 0.4) is 0 Å². The Labute approximate surface area is 185 Å². The molecular formula is C22H18N4O3S2. The van der Waals surface area contributed by atoms with Gasteiger partial charge < -0.3 is 19.8 Å². The maximum atomic E-state index is 12.7. The van der Waals surface area contributed by atoms with Crippen LogP contribution in [-0.4, -0.2) is 23.0 Å². The summed E-state index contributed by atoms with van der Waals surface area (Å²) in [6.07, 6.45) is 0. The van der Waals surface area contributed by atoms with E-state index in [-0.39, 0.29) is 5.91 Å². The lowest BCUT2D eigenvalue weighted by Gasteiger charge is -2.04. The zero-order valence-corrected chi connectivity index (χ0v) is 18.4. The number of aryl methyl sites for hydroxylation is 1. The Hall–Kier alpha value is -3.43. The number of carbonyl (C=O) groups excluding carboxylic acids is 1. The molecule has 0 saturated carbocycles. The van der Waals surface area contributed by atoms with Gasteiger partial charge in [0.2, 0.25) is 0 Å². The molecule has 0 aliphatic rings. The number of hydrogen-bond acceptors (Lipinski definition) is 8. The summed E-state index contributed by atoms with van der Waals surface area (Å²) < 4.78 is 11.6. The molecule has 7 nitrogen and oxygen atoms in total. The number of carbonyl (C=O) groups is 1. The lowest BCUT2D eigenvalue weighted by Crippen LogP contribution is -2.09. The number of anilines is 2. The van der Waals surface area contributed by atoms with E-state index in [2.05, 4.69) is 20.6 Å². The van der Waals surface area contributed by atoms with Crippen LogP contribution < -0.4 is 15.4 Å². The lowest BCUT2D eigenvalue weighted by atomic mass is 10.2. The van der Waals surface area contributed by atoms with Crippen LogP contribution in [0.15, 0.2) is 52.9 Å². The number of hydrogen-bond donors (Lipinski definition) is 2. The highest BCUT2D eigenvalue weighted by molar-refractivity contribution is 7.29. The lowest BCUT2D eigenvalue weighted by molar-refractivity contribution is 0.103. The molecule has 156 valence electrons. The smallest absolute Gasteiger partial charge is 0.265 e. The Balaban J connectivity index is 1.26. The van der Waals surface area contributed by atoms with E-state index in [1.54, 1.807) is 32.2 Å². The van der Waals surface area contributed by atoms with Gasteiger partial charge in [0.15, 0.2) is 16.6 Å². The summed E-state index contributed by atoms with van der Waals surface area (Å²) in [5, 5.41) is 7.09. The molecule has 3 aromatic heterocycles. The van der Waals surface area contributed by atoms with E-state index < -0.39 is 0 Å². The van der Waals surface area contributed by atoms with Crippen LogP contribution in [0.4, 0.5) is 10.8 Å². The molecule has 5 rings (SSSR count). The van der Waals surface area contributed by atoms with Crippen LogP contribution in [0.1, 0.15) is 21.1 Å². The number of amides is 1. The summed E-state index contributed by atoms with van der Waals surface area (Å²) >= 11 is 2.91. The van der Waals surface area contributed by atoms with Crippen molar-refractivity contribution < 1.29 is 13.9 Å². The fourth-order valence-electron chi connectivity index (χ4n) is 3.16. The van der Waals surface area contributed by atoms with Gasteiger partial charge in [-0.1, -0.05) is 23.5 Å². The van der Waals surface area contributed by atoms with Crippen LogP contribution >= 0.6 is 22.7 Å². The fourth-order valence-corrected chi connectivity index (χ4v) is 5.16. The van der Waals surface area contributed by atoms with E-state index in [1.807, 2.05) is 30.3 Å². The number of nitrogens with zero attached hydrogens (tertiary/aromatic N) is 2. The van der Waals surface area contributed by atoms with Gasteiger partial charge in [-0.3, -0.25) is 4.79 Å². The van der Waals surface area contributed by atoms with Crippen molar-refractivity contribution in [2.24, 2.45) is 0 Å². The number of oxazole rings is 1. The third-order valence-electron chi connectivity index (χ3n) is 4.67. The first-order valence-corrected chi connectivity index (χ1v) is 11.2. The molecule has 31 heavy (non-hydrogen) atoms. The highest BCUT2D eigenvalue weighted by atomic mass is 32.1. The average molecular weight is 451 g/mol. The summed E-state index contributed by atoms with van der Waals surface area (Å²) in [7, 11) is 1.65. The van der Waals surface area contributed by atoms with Crippen LogP contribution in [0.2, 0.25) is 0 Å². The molecule has 2 aromatic carbocycles. The molecule has 2 N–H and O–H groups in total. The summed E-state index contributed by atoms with van der Waals surface area (Å²) in [6.45, 7) is 2.46. The van der Waals surface area contributed by atoms with Crippen LogP contribution in [0.5, 0.6) is 5.75 Å². The van der Waals surface area contributed by atoms with Gasteiger partial charge in [-0.25, -0.2) is 9.97 Å². The Morgan fingerprint density at radius 3 is 2.71 bits per heavy atom. The molecule has 5 aromatic rings. The first-order valence-electron chi connectivity index (χ1n) is 9.53. The minimum Gasteiger partial charge on any atom is -0.497 e. The number of fused-ring (bicyclic) bond motifs is 2. The van der Waals surface area contributed by atoms with E-state index in [4.69, 9.17) is 9.15 Å². The first-order chi connectivity index (χ1) is 15.1. The standard InChI is InChI=1S/C22H18N4O3S2/c1-12-24-16-9-14(5-8-17(16)29-12)25-20(27)18-10-19-21(30-18)26-22(31-19)23-11-13-3-6-15(28-2)7-4-13/h3-10H,11H2,1-2H3,(H,23,26)(H,25,27). The molecule has 0 atom stereocenters. The molecule has 0 aliphatic carbocycles. The number of benzene rings is 2. The maximum Gasteiger partial charge on any atom is 0.265 e. The Morgan fingerprint density at radius 2 is 1.94 bits per heavy atom. The predicted molar refractivity (Wildman–Crippen MR) is 125 cm³/mol. The number of thiophene rings is 1.